The SMILES string of the molecule is [2H]C([2H])([2H])C1(C([2H])([2H])[2H])OC(=O)c2cc3cc(NC(=O)[C@@H]4[C@H](C5CCCCC5)CCN4C(=O)OC(C)(C)C)ccc3n21. The number of rotatable bonds is 3. The lowest BCUT2D eigenvalue weighted by atomic mass is 9.76. The van der Waals surface area contributed by atoms with Crippen molar-refractivity contribution in [3.05, 3.63) is 30.0 Å². The number of aromatic nitrogens is 1. The van der Waals surface area contributed by atoms with E-state index in [1.807, 2.05) is 0 Å². The highest BCUT2D eigenvalue weighted by Gasteiger charge is 2.46. The first-order valence-corrected chi connectivity index (χ1v) is 12.6. The van der Waals surface area contributed by atoms with Crippen LogP contribution in [0.1, 0.15) is 91.7 Å². The summed E-state index contributed by atoms with van der Waals surface area (Å²) in [5.41, 5.74) is -3.29. The number of hydrogen-bond acceptors (Lipinski definition) is 5. The van der Waals surface area contributed by atoms with Gasteiger partial charge in [-0.1, -0.05) is 32.1 Å². The molecule has 3 aliphatic rings. The zero-order chi connectivity index (χ0) is 30.8. The second-order valence-corrected chi connectivity index (χ2v) is 11.1. The quantitative estimate of drug-likeness (QED) is 0.549. The van der Waals surface area contributed by atoms with Crippen molar-refractivity contribution in [1.29, 1.82) is 0 Å². The third-order valence-electron chi connectivity index (χ3n) is 7.43. The molecule has 0 bridgehead atoms. The van der Waals surface area contributed by atoms with Crippen LogP contribution in [0.15, 0.2) is 24.3 Å². The maximum absolute atomic E-state index is 13.9. The van der Waals surface area contributed by atoms with Crippen molar-refractivity contribution in [1.82, 2.24) is 9.47 Å². The molecule has 1 N–H and O–H groups in total. The van der Waals surface area contributed by atoms with Crippen molar-refractivity contribution in [2.45, 2.75) is 90.4 Å². The average Bonchev–Trinajstić information content (AvgIpc) is 3.55. The van der Waals surface area contributed by atoms with Crippen molar-refractivity contribution in [3.8, 4) is 0 Å². The van der Waals surface area contributed by atoms with Crippen LogP contribution >= 0.6 is 0 Å². The molecule has 0 unspecified atom stereocenters. The maximum Gasteiger partial charge on any atom is 0.410 e. The van der Waals surface area contributed by atoms with Gasteiger partial charge in [-0.15, -0.1) is 0 Å². The number of hydrogen-bond donors (Lipinski definition) is 1. The number of ether oxygens (including phenoxy) is 2. The maximum atomic E-state index is 13.9. The van der Waals surface area contributed by atoms with Gasteiger partial charge in [-0.2, -0.15) is 0 Å². The smallest absolute Gasteiger partial charge is 0.410 e. The van der Waals surface area contributed by atoms with Gasteiger partial charge in [-0.05, 0) is 77.0 Å². The van der Waals surface area contributed by atoms with E-state index in [0.29, 0.717) is 30.0 Å². The molecular weight excluding hydrogens is 458 g/mol. The summed E-state index contributed by atoms with van der Waals surface area (Å²) in [7, 11) is 0. The molecule has 2 aromatic rings. The summed E-state index contributed by atoms with van der Waals surface area (Å²) in [6.07, 6.45) is 5.51. The zero-order valence-corrected chi connectivity index (χ0v) is 20.9. The second kappa shape index (κ2) is 8.82. The minimum absolute atomic E-state index is 0.0196. The fraction of sp³-hybridized carbons (Fsp3) is 0.607. The van der Waals surface area contributed by atoms with Crippen molar-refractivity contribution in [2.24, 2.45) is 11.8 Å². The average molecular weight is 502 g/mol. The largest absolute Gasteiger partial charge is 0.444 e. The van der Waals surface area contributed by atoms with Crippen molar-refractivity contribution < 1.29 is 32.1 Å². The van der Waals surface area contributed by atoms with Gasteiger partial charge in [0.15, 0.2) is 5.72 Å². The van der Waals surface area contributed by atoms with Crippen molar-refractivity contribution >= 4 is 34.6 Å². The summed E-state index contributed by atoms with van der Waals surface area (Å²) < 4.78 is 59.5. The van der Waals surface area contributed by atoms with E-state index < -0.39 is 43.1 Å². The Bertz CT molecular complexity index is 1390. The zero-order valence-electron chi connectivity index (χ0n) is 26.9. The highest BCUT2D eigenvalue weighted by Crippen LogP contribution is 2.40. The van der Waals surface area contributed by atoms with Crippen LogP contribution in [0.2, 0.25) is 0 Å². The summed E-state index contributed by atoms with van der Waals surface area (Å²) in [5.74, 6) is -1.12. The first-order valence-electron chi connectivity index (χ1n) is 15.6. The number of anilines is 1. The van der Waals surface area contributed by atoms with Crippen LogP contribution in [0.3, 0.4) is 0 Å². The molecule has 2 fully saturated rings. The lowest BCUT2D eigenvalue weighted by molar-refractivity contribution is -0.122. The molecule has 5 rings (SSSR count). The number of amides is 2. The molecular formula is C28H37N3O5. The van der Waals surface area contributed by atoms with E-state index in [-0.39, 0.29) is 23.0 Å². The van der Waals surface area contributed by atoms with Crippen LogP contribution in [0, 0.1) is 11.8 Å². The number of likely N-dealkylation sites (tertiary alicyclic amines) is 1. The highest BCUT2D eigenvalue weighted by molar-refractivity contribution is 6.01. The minimum atomic E-state index is -3.19. The topological polar surface area (TPSA) is 89.9 Å². The molecule has 0 radical (unpaired) electrons. The number of carbonyl (C=O) groups excluding carboxylic acids is 3. The van der Waals surface area contributed by atoms with Gasteiger partial charge in [-0.25, -0.2) is 9.59 Å². The van der Waals surface area contributed by atoms with Crippen molar-refractivity contribution in [2.75, 3.05) is 11.9 Å². The van der Waals surface area contributed by atoms with Crippen molar-refractivity contribution in [3.63, 3.8) is 0 Å². The van der Waals surface area contributed by atoms with Gasteiger partial charge in [0.25, 0.3) is 0 Å². The Kier molecular flexibility index (Phi) is 4.47. The number of carbonyl (C=O) groups is 3. The second-order valence-electron chi connectivity index (χ2n) is 11.1. The molecule has 8 nitrogen and oxygen atoms in total. The molecule has 194 valence electrons. The van der Waals surface area contributed by atoms with Gasteiger partial charge in [0.2, 0.25) is 5.91 Å². The number of cyclic esters (lactones) is 1. The predicted molar refractivity (Wildman–Crippen MR) is 137 cm³/mol. The molecule has 2 aliphatic heterocycles. The van der Waals surface area contributed by atoms with E-state index in [0.717, 1.165) is 36.7 Å². The van der Waals surface area contributed by atoms with E-state index in [4.69, 9.17) is 17.7 Å². The normalized spacial score (nSPS) is 27.2. The first kappa shape index (κ1) is 18.3. The Morgan fingerprint density at radius 1 is 1.14 bits per heavy atom. The summed E-state index contributed by atoms with van der Waals surface area (Å²) in [4.78, 5) is 41.2. The van der Waals surface area contributed by atoms with E-state index in [2.05, 4.69) is 5.32 Å². The highest BCUT2D eigenvalue weighted by atomic mass is 16.6. The van der Waals surface area contributed by atoms with Gasteiger partial charge in [0.1, 0.15) is 17.3 Å². The van der Waals surface area contributed by atoms with Gasteiger partial charge in [-0.3, -0.25) is 14.3 Å². The van der Waals surface area contributed by atoms with E-state index in [9.17, 15) is 14.4 Å². The molecule has 1 saturated carbocycles. The number of fused-ring (bicyclic) bond motifs is 3. The Morgan fingerprint density at radius 3 is 2.58 bits per heavy atom. The van der Waals surface area contributed by atoms with Crippen LogP contribution in [-0.4, -0.2) is 45.6 Å². The Morgan fingerprint density at radius 2 is 1.89 bits per heavy atom. The van der Waals surface area contributed by atoms with E-state index in [1.165, 1.54) is 23.1 Å². The minimum Gasteiger partial charge on any atom is -0.444 e. The number of nitrogens with one attached hydrogen (secondary N) is 1. The van der Waals surface area contributed by atoms with Crippen LogP contribution in [0.25, 0.3) is 10.9 Å². The monoisotopic (exact) mass is 501 g/mol. The fourth-order valence-electron chi connectivity index (χ4n) is 5.96. The molecule has 8 heteroatoms. The van der Waals surface area contributed by atoms with Crippen LogP contribution in [-0.2, 0) is 20.0 Å². The molecule has 0 spiro atoms. The molecule has 3 heterocycles. The summed E-state index contributed by atoms with van der Waals surface area (Å²) >= 11 is 0. The summed E-state index contributed by atoms with van der Waals surface area (Å²) in [6, 6.07) is 5.16. The van der Waals surface area contributed by atoms with Gasteiger partial charge >= 0.3 is 12.1 Å². The number of nitrogens with zero attached hydrogens (tertiary/aromatic N) is 2. The van der Waals surface area contributed by atoms with Crippen LogP contribution in [0.5, 0.6) is 0 Å². The third kappa shape index (κ3) is 4.46. The molecule has 1 aromatic carbocycles. The summed E-state index contributed by atoms with van der Waals surface area (Å²) in [5, 5.41) is 3.27. The summed E-state index contributed by atoms with van der Waals surface area (Å²) in [6.45, 7) is -0.639. The molecule has 1 saturated heterocycles. The Hall–Kier alpha value is -3.03. The lowest BCUT2D eigenvalue weighted by Crippen LogP contribution is -2.49. The van der Waals surface area contributed by atoms with Crippen LogP contribution in [0.4, 0.5) is 10.5 Å². The van der Waals surface area contributed by atoms with Crippen LogP contribution < -0.4 is 5.32 Å². The Labute approximate surface area is 220 Å². The van der Waals surface area contributed by atoms with E-state index >= 15 is 0 Å². The predicted octanol–water partition coefficient (Wildman–Crippen LogP) is 5.65. The number of esters is 1. The molecule has 36 heavy (non-hydrogen) atoms. The van der Waals surface area contributed by atoms with E-state index in [1.54, 1.807) is 26.8 Å². The standard InChI is InChI=1S/C28H37N3O5/c1-27(2,3)36-26(34)30-14-13-20(17-9-7-6-8-10-17)23(30)24(32)29-19-11-12-21-18(15-19)16-22-25(33)35-28(4,5)31(21)22/h11-12,15-17,20,23H,6-10,13-14H2,1-5H3,(H,29,32)/t20-,23-/m0/s1/i4D3,5D3. The molecule has 2 atom stereocenters. The molecule has 2 amide bonds. The van der Waals surface area contributed by atoms with Gasteiger partial charge in [0, 0.05) is 25.8 Å². The number of benzene rings is 1. The van der Waals surface area contributed by atoms with Gasteiger partial charge in [0.05, 0.1) is 5.52 Å². The van der Waals surface area contributed by atoms with Gasteiger partial charge < -0.3 is 14.8 Å². The first-order chi connectivity index (χ1) is 19.4. The molecule has 1 aromatic heterocycles. The lowest BCUT2D eigenvalue weighted by Gasteiger charge is -2.34. The fourth-order valence-corrected chi connectivity index (χ4v) is 5.96. The Balaban J connectivity index is 1.48. The molecule has 1 aliphatic carbocycles. The third-order valence-corrected chi connectivity index (χ3v) is 7.43.